The molecular formula is C26H24N4O. The van der Waals surface area contributed by atoms with E-state index in [1.54, 1.807) is 19.4 Å². The quantitative estimate of drug-likeness (QED) is 0.464. The Morgan fingerprint density at radius 3 is 2.06 bits per heavy atom. The third-order valence-electron chi connectivity index (χ3n) is 5.31. The van der Waals surface area contributed by atoms with Gasteiger partial charge in [-0.1, -0.05) is 36.4 Å². The number of aromatic nitrogens is 2. The molecule has 0 aliphatic rings. The molecule has 0 aliphatic carbocycles. The molecule has 1 N–H and O–H groups in total. The topological polar surface area (TPSA) is 58.1 Å². The maximum absolute atomic E-state index is 12.4. The highest BCUT2D eigenvalue weighted by Gasteiger charge is 2.23. The van der Waals surface area contributed by atoms with Gasteiger partial charge in [-0.15, -0.1) is 0 Å². The molecule has 0 spiro atoms. The van der Waals surface area contributed by atoms with E-state index < -0.39 is 0 Å². The first-order chi connectivity index (χ1) is 15.2. The normalized spacial score (nSPS) is 11.5. The molecule has 0 radical (unpaired) electrons. The van der Waals surface area contributed by atoms with Gasteiger partial charge in [0.05, 0.1) is 29.8 Å². The van der Waals surface area contributed by atoms with E-state index in [4.69, 9.17) is 0 Å². The summed E-state index contributed by atoms with van der Waals surface area (Å²) in [6.45, 7) is 2.13. The summed E-state index contributed by atoms with van der Waals surface area (Å²) in [4.78, 5) is 23.2. The summed E-state index contributed by atoms with van der Waals surface area (Å²) in [6.07, 6.45) is 7.21. The van der Waals surface area contributed by atoms with Crippen LogP contribution in [0.25, 0.3) is 11.1 Å². The first-order valence-electron chi connectivity index (χ1n) is 10.2. The van der Waals surface area contributed by atoms with Crippen molar-refractivity contribution < 1.29 is 4.79 Å². The number of anilines is 2. The first-order valence-corrected chi connectivity index (χ1v) is 10.2. The number of amides is 1. The predicted molar refractivity (Wildman–Crippen MR) is 124 cm³/mol. The van der Waals surface area contributed by atoms with Crippen LogP contribution in [-0.2, 0) is 0 Å². The molecule has 5 heteroatoms. The molecule has 0 bridgehead atoms. The second-order valence-corrected chi connectivity index (χ2v) is 7.22. The minimum atomic E-state index is -0.109. The van der Waals surface area contributed by atoms with Gasteiger partial charge in [0.2, 0.25) is 0 Å². The largest absolute Gasteiger partial charge is 0.355 e. The van der Waals surface area contributed by atoms with Gasteiger partial charge < -0.3 is 10.2 Å². The fraction of sp³-hybridized carbons (Fsp3) is 0.115. The van der Waals surface area contributed by atoms with Crippen LogP contribution in [0.2, 0.25) is 0 Å². The van der Waals surface area contributed by atoms with Crippen molar-refractivity contribution in [3.05, 3.63) is 109 Å². The third kappa shape index (κ3) is 4.31. The van der Waals surface area contributed by atoms with E-state index in [1.807, 2.05) is 73.1 Å². The van der Waals surface area contributed by atoms with E-state index in [0.717, 1.165) is 28.1 Å². The fourth-order valence-electron chi connectivity index (χ4n) is 3.80. The number of nitrogens with one attached hydrogen (secondary N) is 1. The molecule has 1 atom stereocenters. The number of hydrogen-bond donors (Lipinski definition) is 1. The summed E-state index contributed by atoms with van der Waals surface area (Å²) in [5.74, 6) is -0.109. The van der Waals surface area contributed by atoms with E-state index in [1.165, 1.54) is 0 Å². The van der Waals surface area contributed by atoms with Crippen molar-refractivity contribution in [2.45, 2.75) is 13.0 Å². The Kier molecular flexibility index (Phi) is 6.03. The maximum Gasteiger partial charge on any atom is 0.251 e. The lowest BCUT2D eigenvalue weighted by Gasteiger charge is -2.32. The monoisotopic (exact) mass is 408 g/mol. The fourth-order valence-corrected chi connectivity index (χ4v) is 3.80. The number of pyridine rings is 2. The van der Waals surface area contributed by atoms with Crippen LogP contribution >= 0.6 is 0 Å². The number of nitrogens with zero attached hydrogens (tertiary/aromatic N) is 3. The summed E-state index contributed by atoms with van der Waals surface area (Å²) >= 11 is 0. The van der Waals surface area contributed by atoms with Crippen LogP contribution in [0.3, 0.4) is 0 Å². The van der Waals surface area contributed by atoms with Crippen molar-refractivity contribution in [1.82, 2.24) is 15.3 Å². The number of carbonyl (C=O) groups excluding carboxylic acids is 1. The number of benzene rings is 2. The van der Waals surface area contributed by atoms with Crippen molar-refractivity contribution in [1.29, 1.82) is 0 Å². The zero-order valence-electron chi connectivity index (χ0n) is 17.6. The lowest BCUT2D eigenvalue weighted by atomic mass is 9.92. The van der Waals surface area contributed by atoms with E-state index in [-0.39, 0.29) is 11.9 Å². The van der Waals surface area contributed by atoms with Crippen LogP contribution in [-0.4, -0.2) is 22.9 Å². The Hall–Kier alpha value is -3.99. The maximum atomic E-state index is 12.4. The van der Waals surface area contributed by atoms with Gasteiger partial charge >= 0.3 is 0 Å². The Morgan fingerprint density at radius 1 is 0.871 bits per heavy atom. The zero-order chi connectivity index (χ0) is 21.6. The molecule has 0 saturated heterocycles. The molecule has 4 rings (SSSR count). The molecule has 2 aromatic carbocycles. The third-order valence-corrected chi connectivity index (χ3v) is 5.31. The average Bonchev–Trinajstić information content (AvgIpc) is 2.85. The van der Waals surface area contributed by atoms with Crippen molar-refractivity contribution >= 4 is 17.3 Å². The number of rotatable bonds is 6. The van der Waals surface area contributed by atoms with Crippen LogP contribution in [0.15, 0.2) is 97.6 Å². The van der Waals surface area contributed by atoms with Gasteiger partial charge in [0.1, 0.15) is 0 Å². The summed E-state index contributed by atoms with van der Waals surface area (Å²) in [5, 5.41) is 2.73. The molecule has 1 unspecified atom stereocenters. The van der Waals surface area contributed by atoms with Gasteiger partial charge in [0.15, 0.2) is 0 Å². The van der Waals surface area contributed by atoms with Crippen LogP contribution in [0, 0.1) is 0 Å². The van der Waals surface area contributed by atoms with Gasteiger partial charge in [0.25, 0.3) is 5.91 Å². The molecule has 0 aliphatic heterocycles. The molecule has 154 valence electrons. The van der Waals surface area contributed by atoms with E-state index >= 15 is 0 Å². The van der Waals surface area contributed by atoms with Crippen molar-refractivity contribution in [2.24, 2.45) is 0 Å². The second kappa shape index (κ2) is 9.22. The predicted octanol–water partition coefficient (Wildman–Crippen LogP) is 5.40. The Labute approximate surface area is 182 Å². The Morgan fingerprint density at radius 2 is 1.52 bits per heavy atom. The molecule has 5 nitrogen and oxygen atoms in total. The number of carbonyl (C=O) groups is 1. The lowest BCUT2D eigenvalue weighted by molar-refractivity contribution is 0.0963. The summed E-state index contributed by atoms with van der Waals surface area (Å²) < 4.78 is 0. The molecule has 0 fully saturated rings. The average molecular weight is 409 g/mol. The number of hydrogen-bond acceptors (Lipinski definition) is 4. The van der Waals surface area contributed by atoms with Crippen molar-refractivity contribution in [3.8, 4) is 11.1 Å². The standard InChI is InChI=1S/C26H24N4O/c1-19(30(22-10-6-14-28-17-22)23-11-7-15-29-18-23)25-16-21(26(31)27-2)12-13-24(25)20-8-4-3-5-9-20/h3-19H,1-2H3,(H,27,31). The highest BCUT2D eigenvalue weighted by molar-refractivity contribution is 5.95. The van der Waals surface area contributed by atoms with Crippen LogP contribution in [0.1, 0.15) is 28.9 Å². The molecule has 1 amide bonds. The van der Waals surface area contributed by atoms with E-state index in [9.17, 15) is 4.79 Å². The second-order valence-electron chi connectivity index (χ2n) is 7.22. The van der Waals surface area contributed by atoms with Gasteiger partial charge in [0, 0.05) is 25.0 Å². The highest BCUT2D eigenvalue weighted by atomic mass is 16.1. The Balaban J connectivity index is 1.89. The summed E-state index contributed by atoms with van der Waals surface area (Å²) in [7, 11) is 1.65. The van der Waals surface area contributed by atoms with Crippen LogP contribution in [0.4, 0.5) is 11.4 Å². The smallest absolute Gasteiger partial charge is 0.251 e. The molecule has 31 heavy (non-hydrogen) atoms. The van der Waals surface area contributed by atoms with Crippen LogP contribution in [0.5, 0.6) is 0 Å². The lowest BCUT2D eigenvalue weighted by Crippen LogP contribution is -2.23. The molecule has 0 saturated carbocycles. The van der Waals surface area contributed by atoms with Gasteiger partial charge in [-0.3, -0.25) is 14.8 Å². The highest BCUT2D eigenvalue weighted by Crippen LogP contribution is 2.38. The van der Waals surface area contributed by atoms with Gasteiger partial charge in [-0.05, 0) is 60.0 Å². The zero-order valence-corrected chi connectivity index (χ0v) is 17.6. The molecule has 2 heterocycles. The van der Waals surface area contributed by atoms with Crippen molar-refractivity contribution in [3.63, 3.8) is 0 Å². The molecular weight excluding hydrogens is 384 g/mol. The summed E-state index contributed by atoms with van der Waals surface area (Å²) in [6, 6.07) is 23.9. The van der Waals surface area contributed by atoms with Gasteiger partial charge in [-0.2, -0.15) is 0 Å². The first kappa shape index (κ1) is 20.3. The van der Waals surface area contributed by atoms with Crippen molar-refractivity contribution in [2.75, 3.05) is 11.9 Å². The molecule has 4 aromatic rings. The van der Waals surface area contributed by atoms with Gasteiger partial charge in [-0.25, -0.2) is 0 Å². The van der Waals surface area contributed by atoms with Crippen LogP contribution < -0.4 is 10.2 Å². The molecule has 2 aromatic heterocycles. The van der Waals surface area contributed by atoms with E-state index in [2.05, 4.69) is 39.2 Å². The van der Waals surface area contributed by atoms with E-state index in [0.29, 0.717) is 5.56 Å². The minimum Gasteiger partial charge on any atom is -0.355 e. The summed E-state index contributed by atoms with van der Waals surface area (Å²) in [5.41, 5.74) is 5.75. The Bertz CT molecular complexity index is 1110. The SMILES string of the molecule is CNC(=O)c1ccc(-c2ccccc2)c(C(C)N(c2cccnc2)c2cccnc2)c1. The minimum absolute atomic E-state index is 0.0896.